The van der Waals surface area contributed by atoms with Crippen molar-refractivity contribution in [1.29, 1.82) is 0 Å². The lowest BCUT2D eigenvalue weighted by Crippen LogP contribution is -2.43. The second-order valence-electron chi connectivity index (χ2n) is 6.24. The average molecular weight is 398 g/mol. The maximum atomic E-state index is 11.4. The van der Waals surface area contributed by atoms with Crippen LogP contribution in [0.4, 0.5) is 0 Å². The maximum Gasteiger partial charge on any atom is 0.500 e. The summed E-state index contributed by atoms with van der Waals surface area (Å²) in [6.07, 6.45) is -0.127. The summed E-state index contributed by atoms with van der Waals surface area (Å²) in [5.41, 5.74) is 1.38. The highest BCUT2D eigenvalue weighted by molar-refractivity contribution is 6.60. The van der Waals surface area contributed by atoms with Gasteiger partial charge in [0.05, 0.1) is 0 Å². The molecule has 0 saturated carbocycles. The molecule has 152 valence electrons. The number of aliphatic hydroxyl groups is 1. The van der Waals surface area contributed by atoms with Crippen LogP contribution in [-0.4, -0.2) is 60.5 Å². The second kappa shape index (κ2) is 12.0. The summed E-state index contributed by atoms with van der Waals surface area (Å²) in [5.74, 6) is -0.510. The molecule has 0 bridgehead atoms. The van der Waals surface area contributed by atoms with Gasteiger partial charge in [0.25, 0.3) is 0 Å². The molecule has 0 heterocycles. The van der Waals surface area contributed by atoms with Gasteiger partial charge in [-0.3, -0.25) is 0 Å². The zero-order valence-electron chi connectivity index (χ0n) is 16.6. The van der Waals surface area contributed by atoms with Crippen molar-refractivity contribution in [1.82, 2.24) is 5.32 Å². The van der Waals surface area contributed by atoms with Crippen molar-refractivity contribution in [2.75, 3.05) is 34.5 Å². The van der Waals surface area contributed by atoms with Gasteiger partial charge in [0, 0.05) is 45.5 Å². The van der Waals surface area contributed by atoms with Gasteiger partial charge in [-0.1, -0.05) is 36.9 Å². The number of carbonyl (C=O) groups excluding carboxylic acids is 1. The molecule has 0 saturated heterocycles. The topological polar surface area (TPSA) is 86.3 Å². The van der Waals surface area contributed by atoms with Crippen molar-refractivity contribution < 1.29 is 27.9 Å². The standard InChI is InChI=1S/C19H31NO6Si/c1-15(2)19(22)26-14-17(21)13-20-18(16-9-7-6-8-10-16)11-12-27(23-3,24-4)25-5/h6-10,17-18,20-21H,1,11-14H2,2-5H3. The summed E-state index contributed by atoms with van der Waals surface area (Å²) in [5, 5.41) is 13.4. The van der Waals surface area contributed by atoms with E-state index in [1.165, 1.54) is 0 Å². The number of aliphatic hydroxyl groups excluding tert-OH is 1. The van der Waals surface area contributed by atoms with Crippen LogP contribution in [0.2, 0.25) is 6.04 Å². The van der Waals surface area contributed by atoms with Gasteiger partial charge in [0.2, 0.25) is 0 Å². The fourth-order valence-electron chi connectivity index (χ4n) is 2.58. The number of ether oxygens (including phenoxy) is 1. The molecule has 1 aromatic carbocycles. The minimum atomic E-state index is -2.69. The van der Waals surface area contributed by atoms with Gasteiger partial charge in [-0.25, -0.2) is 4.79 Å². The van der Waals surface area contributed by atoms with Gasteiger partial charge in [-0.05, 0) is 18.9 Å². The Morgan fingerprint density at radius 2 is 1.78 bits per heavy atom. The average Bonchev–Trinajstić information content (AvgIpc) is 2.70. The highest BCUT2D eigenvalue weighted by Gasteiger charge is 2.38. The fourth-order valence-corrected chi connectivity index (χ4v) is 4.34. The van der Waals surface area contributed by atoms with Crippen LogP contribution in [0.25, 0.3) is 0 Å². The van der Waals surface area contributed by atoms with Crippen molar-refractivity contribution in [2.24, 2.45) is 0 Å². The molecule has 0 aliphatic rings. The molecule has 0 radical (unpaired) electrons. The van der Waals surface area contributed by atoms with Crippen molar-refractivity contribution in [3.63, 3.8) is 0 Å². The number of nitrogens with one attached hydrogen (secondary N) is 1. The third-order valence-electron chi connectivity index (χ3n) is 4.23. The van der Waals surface area contributed by atoms with Gasteiger partial charge in [0.1, 0.15) is 12.7 Å². The van der Waals surface area contributed by atoms with E-state index in [1.54, 1.807) is 28.3 Å². The van der Waals surface area contributed by atoms with Crippen LogP contribution < -0.4 is 5.32 Å². The molecule has 27 heavy (non-hydrogen) atoms. The minimum Gasteiger partial charge on any atom is -0.460 e. The Balaban J connectivity index is 2.68. The zero-order chi connectivity index (χ0) is 20.3. The van der Waals surface area contributed by atoms with Crippen LogP contribution in [0, 0.1) is 0 Å². The van der Waals surface area contributed by atoms with Gasteiger partial charge in [-0.15, -0.1) is 0 Å². The Bertz CT molecular complexity index is 571. The smallest absolute Gasteiger partial charge is 0.460 e. The Hall–Kier alpha value is -1.55. The third kappa shape index (κ3) is 7.92. The van der Waals surface area contributed by atoms with E-state index in [1.807, 2.05) is 30.3 Å². The fraction of sp³-hybridized carbons (Fsp3) is 0.526. The maximum absolute atomic E-state index is 11.4. The summed E-state index contributed by atoms with van der Waals surface area (Å²) < 4.78 is 21.4. The van der Waals surface area contributed by atoms with E-state index in [2.05, 4.69) is 11.9 Å². The molecule has 0 aromatic heterocycles. The predicted octanol–water partition coefficient (Wildman–Crippen LogP) is 2.07. The Kier molecular flexibility index (Phi) is 10.5. The summed E-state index contributed by atoms with van der Waals surface area (Å²) in [6, 6.07) is 10.5. The molecule has 1 rings (SSSR count). The first-order valence-electron chi connectivity index (χ1n) is 8.82. The molecule has 1 aromatic rings. The first kappa shape index (κ1) is 23.5. The largest absolute Gasteiger partial charge is 0.500 e. The van der Waals surface area contributed by atoms with E-state index < -0.39 is 20.9 Å². The molecule has 0 aliphatic heterocycles. The molecular formula is C19H31NO6Si. The van der Waals surface area contributed by atoms with E-state index in [4.69, 9.17) is 18.0 Å². The van der Waals surface area contributed by atoms with Gasteiger partial charge in [0.15, 0.2) is 0 Å². The van der Waals surface area contributed by atoms with E-state index >= 15 is 0 Å². The molecule has 2 N–H and O–H groups in total. The van der Waals surface area contributed by atoms with E-state index in [9.17, 15) is 9.90 Å². The van der Waals surface area contributed by atoms with Crippen LogP contribution in [0.1, 0.15) is 24.9 Å². The molecule has 8 heteroatoms. The zero-order valence-corrected chi connectivity index (χ0v) is 17.6. The molecular weight excluding hydrogens is 366 g/mol. The van der Waals surface area contributed by atoms with E-state index in [0.717, 1.165) is 5.56 Å². The molecule has 0 fully saturated rings. The second-order valence-corrected chi connectivity index (χ2v) is 9.33. The lowest BCUT2D eigenvalue weighted by Gasteiger charge is -2.27. The number of benzene rings is 1. The number of esters is 1. The van der Waals surface area contributed by atoms with E-state index in [-0.39, 0.29) is 19.2 Å². The van der Waals surface area contributed by atoms with Gasteiger partial charge in [-0.2, -0.15) is 0 Å². The molecule has 7 nitrogen and oxygen atoms in total. The van der Waals surface area contributed by atoms with Gasteiger partial charge < -0.3 is 28.4 Å². The predicted molar refractivity (Wildman–Crippen MR) is 105 cm³/mol. The molecule has 2 atom stereocenters. The molecule has 2 unspecified atom stereocenters. The highest BCUT2D eigenvalue weighted by Crippen LogP contribution is 2.24. The summed E-state index contributed by atoms with van der Waals surface area (Å²) in [4.78, 5) is 11.4. The SMILES string of the molecule is C=C(C)C(=O)OCC(O)CNC(CC[Si](OC)(OC)OC)c1ccccc1. The summed E-state index contributed by atoms with van der Waals surface area (Å²) >= 11 is 0. The number of hydrogen-bond acceptors (Lipinski definition) is 7. The lowest BCUT2D eigenvalue weighted by molar-refractivity contribution is -0.141. The minimum absolute atomic E-state index is 0.0370. The summed E-state index contributed by atoms with van der Waals surface area (Å²) in [7, 11) is 2.07. The first-order chi connectivity index (χ1) is 12.9. The lowest BCUT2D eigenvalue weighted by atomic mass is 10.0. The van der Waals surface area contributed by atoms with Crippen LogP contribution in [0.5, 0.6) is 0 Å². The Morgan fingerprint density at radius 1 is 1.19 bits per heavy atom. The van der Waals surface area contributed by atoms with Crippen LogP contribution in [0.3, 0.4) is 0 Å². The quantitative estimate of drug-likeness (QED) is 0.299. The van der Waals surface area contributed by atoms with Crippen LogP contribution in [-0.2, 0) is 22.8 Å². The third-order valence-corrected chi connectivity index (χ3v) is 7.00. The normalized spacial score (nSPS) is 13.8. The van der Waals surface area contributed by atoms with Crippen molar-refractivity contribution in [3.8, 4) is 0 Å². The number of hydrogen-bond donors (Lipinski definition) is 2. The van der Waals surface area contributed by atoms with Crippen LogP contribution >= 0.6 is 0 Å². The molecule has 0 aliphatic carbocycles. The summed E-state index contributed by atoms with van der Waals surface area (Å²) in [6.45, 7) is 5.26. The molecule has 0 amide bonds. The Labute approximate surface area is 162 Å². The van der Waals surface area contributed by atoms with E-state index in [0.29, 0.717) is 18.0 Å². The Morgan fingerprint density at radius 3 is 2.30 bits per heavy atom. The van der Waals surface area contributed by atoms with Crippen molar-refractivity contribution in [2.45, 2.75) is 31.5 Å². The monoisotopic (exact) mass is 397 g/mol. The number of carbonyl (C=O) groups is 1. The van der Waals surface area contributed by atoms with Crippen molar-refractivity contribution in [3.05, 3.63) is 48.0 Å². The van der Waals surface area contributed by atoms with Crippen molar-refractivity contribution >= 4 is 14.8 Å². The van der Waals surface area contributed by atoms with Gasteiger partial charge >= 0.3 is 14.8 Å². The highest BCUT2D eigenvalue weighted by atomic mass is 28.4. The molecule has 0 spiro atoms. The number of rotatable bonds is 13. The van der Waals surface area contributed by atoms with Crippen LogP contribution in [0.15, 0.2) is 42.5 Å². The first-order valence-corrected chi connectivity index (χ1v) is 10.7.